The Bertz CT molecular complexity index is 589. The standard InChI is InChI=1S/C11H11FN2O3/c1-16-8-4-6(2-3-7(8)12)5-9-10(13)11(15)14-17-9/h2-4H,5,13H2,1H3,(H,14,15). The lowest BCUT2D eigenvalue weighted by Gasteiger charge is -2.04. The summed E-state index contributed by atoms with van der Waals surface area (Å²) in [4.78, 5) is 11.0. The molecule has 90 valence electrons. The molecule has 0 amide bonds. The molecular formula is C11H11FN2O3. The van der Waals surface area contributed by atoms with E-state index in [2.05, 4.69) is 5.16 Å². The topological polar surface area (TPSA) is 81.2 Å². The predicted molar refractivity (Wildman–Crippen MR) is 59.5 cm³/mol. The number of ether oxygens (including phenoxy) is 1. The van der Waals surface area contributed by atoms with Crippen molar-refractivity contribution in [3.63, 3.8) is 0 Å². The second-order valence-corrected chi connectivity index (χ2v) is 3.52. The number of hydrogen-bond acceptors (Lipinski definition) is 4. The van der Waals surface area contributed by atoms with Gasteiger partial charge in [-0.25, -0.2) is 4.39 Å². The Morgan fingerprint density at radius 2 is 2.29 bits per heavy atom. The summed E-state index contributed by atoms with van der Waals surface area (Å²) in [5.41, 5.74) is 5.81. The molecule has 0 aliphatic rings. The van der Waals surface area contributed by atoms with Gasteiger partial charge >= 0.3 is 5.56 Å². The number of aromatic amines is 1. The van der Waals surface area contributed by atoms with E-state index < -0.39 is 11.4 Å². The number of aromatic nitrogens is 1. The van der Waals surface area contributed by atoms with Crippen LogP contribution in [0.15, 0.2) is 27.5 Å². The van der Waals surface area contributed by atoms with Crippen molar-refractivity contribution in [1.29, 1.82) is 0 Å². The number of nitrogens with two attached hydrogens (primary N) is 1. The second-order valence-electron chi connectivity index (χ2n) is 3.52. The molecule has 17 heavy (non-hydrogen) atoms. The smallest absolute Gasteiger partial charge is 0.303 e. The van der Waals surface area contributed by atoms with Crippen LogP contribution in [0.3, 0.4) is 0 Å². The molecule has 0 atom stereocenters. The van der Waals surface area contributed by atoms with E-state index in [1.807, 2.05) is 0 Å². The van der Waals surface area contributed by atoms with Crippen LogP contribution in [0, 0.1) is 5.82 Å². The third-order valence-corrected chi connectivity index (χ3v) is 2.39. The van der Waals surface area contributed by atoms with Crippen LogP contribution < -0.4 is 16.0 Å². The highest BCUT2D eigenvalue weighted by molar-refractivity contribution is 5.42. The third kappa shape index (κ3) is 2.15. The SMILES string of the molecule is COc1cc(Cc2o[nH]c(=O)c2N)ccc1F. The number of nitrogens with one attached hydrogen (secondary N) is 1. The maximum absolute atomic E-state index is 13.2. The van der Waals surface area contributed by atoms with E-state index in [-0.39, 0.29) is 11.4 Å². The maximum atomic E-state index is 13.2. The molecule has 3 N–H and O–H groups in total. The van der Waals surface area contributed by atoms with Crippen LogP contribution in [-0.2, 0) is 6.42 Å². The Labute approximate surface area is 96.0 Å². The van der Waals surface area contributed by atoms with Crippen LogP contribution in [0.4, 0.5) is 10.1 Å². The molecule has 1 aromatic carbocycles. The fourth-order valence-corrected chi connectivity index (χ4v) is 1.48. The van der Waals surface area contributed by atoms with Crippen LogP contribution in [0.25, 0.3) is 0 Å². The van der Waals surface area contributed by atoms with Crippen LogP contribution in [-0.4, -0.2) is 12.3 Å². The highest BCUT2D eigenvalue weighted by Crippen LogP contribution is 2.21. The molecule has 0 spiro atoms. The zero-order valence-corrected chi connectivity index (χ0v) is 9.12. The molecule has 0 saturated carbocycles. The Balaban J connectivity index is 2.30. The van der Waals surface area contributed by atoms with Gasteiger partial charge in [-0.15, -0.1) is 0 Å². The van der Waals surface area contributed by atoms with Crippen molar-refractivity contribution in [2.45, 2.75) is 6.42 Å². The molecule has 5 nitrogen and oxygen atoms in total. The van der Waals surface area contributed by atoms with Crippen LogP contribution in [0.2, 0.25) is 0 Å². The largest absolute Gasteiger partial charge is 0.494 e. The fraction of sp³-hybridized carbons (Fsp3) is 0.182. The van der Waals surface area contributed by atoms with E-state index in [0.29, 0.717) is 12.2 Å². The summed E-state index contributed by atoms with van der Waals surface area (Å²) in [6, 6.07) is 4.39. The normalized spacial score (nSPS) is 10.5. The Morgan fingerprint density at radius 1 is 1.53 bits per heavy atom. The molecule has 1 aromatic heterocycles. The fourth-order valence-electron chi connectivity index (χ4n) is 1.48. The van der Waals surface area contributed by atoms with E-state index >= 15 is 0 Å². The lowest BCUT2D eigenvalue weighted by molar-refractivity contribution is 0.380. The molecule has 0 aliphatic heterocycles. The van der Waals surface area contributed by atoms with Crippen molar-refractivity contribution in [3.05, 3.63) is 45.7 Å². The molecule has 0 aliphatic carbocycles. The van der Waals surface area contributed by atoms with Gasteiger partial charge in [0.05, 0.1) is 7.11 Å². The lowest BCUT2D eigenvalue weighted by Crippen LogP contribution is -2.05. The quantitative estimate of drug-likeness (QED) is 0.844. The summed E-state index contributed by atoms with van der Waals surface area (Å²) < 4.78 is 22.9. The van der Waals surface area contributed by atoms with Crippen molar-refractivity contribution in [3.8, 4) is 5.75 Å². The summed E-state index contributed by atoms with van der Waals surface area (Å²) in [7, 11) is 1.38. The summed E-state index contributed by atoms with van der Waals surface area (Å²) in [6.45, 7) is 0. The Hall–Kier alpha value is -2.24. The minimum absolute atomic E-state index is 0.0355. The highest BCUT2D eigenvalue weighted by atomic mass is 19.1. The zero-order chi connectivity index (χ0) is 12.4. The van der Waals surface area contributed by atoms with E-state index in [9.17, 15) is 9.18 Å². The molecule has 1 heterocycles. The molecule has 6 heteroatoms. The number of methoxy groups -OCH3 is 1. The van der Waals surface area contributed by atoms with Gasteiger partial charge in [-0.05, 0) is 17.7 Å². The molecule has 0 radical (unpaired) electrons. The van der Waals surface area contributed by atoms with E-state index in [0.717, 1.165) is 5.56 Å². The second kappa shape index (κ2) is 4.32. The van der Waals surface area contributed by atoms with Gasteiger partial charge in [0, 0.05) is 6.42 Å². The van der Waals surface area contributed by atoms with Gasteiger partial charge in [-0.1, -0.05) is 6.07 Å². The number of halogens is 1. The van der Waals surface area contributed by atoms with Crippen molar-refractivity contribution in [2.75, 3.05) is 12.8 Å². The maximum Gasteiger partial charge on any atom is 0.303 e. The van der Waals surface area contributed by atoms with Gasteiger partial charge in [0.25, 0.3) is 0 Å². The molecule has 2 aromatic rings. The predicted octanol–water partition coefficient (Wildman–Crippen LogP) is 1.29. The number of hydrogen-bond donors (Lipinski definition) is 2. The molecule has 0 unspecified atom stereocenters. The average Bonchev–Trinajstić information content (AvgIpc) is 2.63. The van der Waals surface area contributed by atoms with Crippen LogP contribution in [0.1, 0.15) is 11.3 Å². The van der Waals surface area contributed by atoms with E-state index in [4.69, 9.17) is 15.0 Å². The van der Waals surface area contributed by atoms with Gasteiger partial charge in [0.15, 0.2) is 17.3 Å². The Morgan fingerprint density at radius 3 is 2.88 bits per heavy atom. The van der Waals surface area contributed by atoms with Gasteiger partial charge in [-0.3, -0.25) is 4.79 Å². The molecular weight excluding hydrogens is 227 g/mol. The van der Waals surface area contributed by atoms with Crippen molar-refractivity contribution in [1.82, 2.24) is 5.16 Å². The first-order valence-electron chi connectivity index (χ1n) is 4.90. The molecule has 0 fully saturated rings. The first kappa shape index (κ1) is 11.3. The average molecular weight is 238 g/mol. The minimum atomic E-state index is -0.464. The molecule has 2 rings (SSSR count). The van der Waals surface area contributed by atoms with Crippen molar-refractivity contribution < 1.29 is 13.7 Å². The van der Waals surface area contributed by atoms with Gasteiger partial charge in [0.2, 0.25) is 0 Å². The van der Waals surface area contributed by atoms with Crippen molar-refractivity contribution in [2.24, 2.45) is 0 Å². The lowest BCUT2D eigenvalue weighted by atomic mass is 10.1. The van der Waals surface area contributed by atoms with Crippen LogP contribution in [0.5, 0.6) is 5.75 Å². The molecule has 0 saturated heterocycles. The number of H-pyrrole nitrogens is 1. The highest BCUT2D eigenvalue weighted by Gasteiger charge is 2.11. The Kier molecular flexibility index (Phi) is 2.86. The van der Waals surface area contributed by atoms with Gasteiger partial charge < -0.3 is 15.0 Å². The first-order chi connectivity index (χ1) is 8.11. The van der Waals surface area contributed by atoms with E-state index in [1.165, 1.54) is 19.2 Å². The summed E-state index contributed by atoms with van der Waals surface area (Å²) in [5.74, 6) is 0.0161. The zero-order valence-electron chi connectivity index (χ0n) is 9.12. The number of benzene rings is 1. The minimum Gasteiger partial charge on any atom is -0.494 e. The van der Waals surface area contributed by atoms with Crippen molar-refractivity contribution >= 4 is 5.69 Å². The number of nitrogen functional groups attached to an aromatic ring is 1. The third-order valence-electron chi connectivity index (χ3n) is 2.39. The van der Waals surface area contributed by atoms with E-state index in [1.54, 1.807) is 6.07 Å². The van der Waals surface area contributed by atoms with Gasteiger partial charge in [0.1, 0.15) is 5.69 Å². The number of rotatable bonds is 3. The summed E-state index contributed by atoms with van der Waals surface area (Å²) >= 11 is 0. The number of anilines is 1. The summed E-state index contributed by atoms with van der Waals surface area (Å²) in [5, 5.41) is 2.14. The monoisotopic (exact) mass is 238 g/mol. The molecule has 0 bridgehead atoms. The first-order valence-corrected chi connectivity index (χ1v) is 4.90. The summed E-state index contributed by atoms with van der Waals surface area (Å²) in [6.07, 6.45) is 0.293. The van der Waals surface area contributed by atoms with Crippen LogP contribution >= 0.6 is 0 Å². The van der Waals surface area contributed by atoms with Gasteiger partial charge in [-0.2, -0.15) is 5.16 Å².